The molecule has 4 rings (SSSR count). The van der Waals surface area contributed by atoms with E-state index in [2.05, 4.69) is 34.5 Å². The fraction of sp³-hybridized carbons (Fsp3) is 0.579. The minimum atomic E-state index is -3.29. The molecule has 1 aromatic heterocycles. The van der Waals surface area contributed by atoms with Crippen molar-refractivity contribution in [2.45, 2.75) is 32.2 Å². The van der Waals surface area contributed by atoms with Crippen LogP contribution in [0.2, 0.25) is 0 Å². The smallest absolute Gasteiger partial charge is 0.282 e. The van der Waals surface area contributed by atoms with Crippen LogP contribution < -0.4 is 0 Å². The van der Waals surface area contributed by atoms with Gasteiger partial charge in [0.2, 0.25) is 0 Å². The molecule has 0 N–H and O–H groups in total. The molecule has 2 saturated heterocycles. The van der Waals surface area contributed by atoms with Crippen LogP contribution in [0.15, 0.2) is 29.6 Å². The van der Waals surface area contributed by atoms with Crippen LogP contribution in [0.25, 0.3) is 10.1 Å². The molecule has 0 spiro atoms. The zero-order chi connectivity index (χ0) is 18.0. The molecule has 26 heavy (non-hydrogen) atoms. The van der Waals surface area contributed by atoms with Crippen molar-refractivity contribution < 1.29 is 8.42 Å². The van der Waals surface area contributed by atoms with E-state index < -0.39 is 10.2 Å². The van der Waals surface area contributed by atoms with Gasteiger partial charge in [0.15, 0.2) is 0 Å². The zero-order valence-corrected chi connectivity index (χ0v) is 16.8. The fourth-order valence-electron chi connectivity index (χ4n) is 3.95. The molecular weight excluding hydrogens is 366 g/mol. The molecule has 0 amide bonds. The van der Waals surface area contributed by atoms with E-state index >= 15 is 0 Å². The predicted octanol–water partition coefficient (Wildman–Crippen LogP) is 3.14. The Kier molecular flexibility index (Phi) is 5.61. The predicted molar refractivity (Wildman–Crippen MR) is 108 cm³/mol. The maximum Gasteiger partial charge on any atom is 0.282 e. The first-order chi connectivity index (χ1) is 12.6. The van der Waals surface area contributed by atoms with Crippen molar-refractivity contribution in [3.63, 3.8) is 0 Å². The Hall–Kier alpha value is -0.990. The van der Waals surface area contributed by atoms with Gasteiger partial charge in [-0.2, -0.15) is 17.0 Å². The first-order valence-corrected chi connectivity index (χ1v) is 11.8. The van der Waals surface area contributed by atoms with Crippen molar-refractivity contribution >= 4 is 31.6 Å². The van der Waals surface area contributed by atoms with E-state index in [1.54, 1.807) is 19.9 Å². The molecule has 0 radical (unpaired) electrons. The van der Waals surface area contributed by atoms with Crippen molar-refractivity contribution in [1.82, 2.24) is 13.5 Å². The van der Waals surface area contributed by atoms with Crippen LogP contribution in [0.5, 0.6) is 0 Å². The minimum absolute atomic E-state index is 0.598. The molecule has 3 heterocycles. The van der Waals surface area contributed by atoms with Gasteiger partial charge in [0.1, 0.15) is 0 Å². The highest BCUT2D eigenvalue weighted by molar-refractivity contribution is 7.86. The number of nitrogens with zero attached hydrogens (tertiary/aromatic N) is 3. The van der Waals surface area contributed by atoms with Gasteiger partial charge in [-0.15, -0.1) is 11.3 Å². The van der Waals surface area contributed by atoms with E-state index in [0.717, 1.165) is 45.3 Å². The Bertz CT molecular complexity index is 833. The lowest BCUT2D eigenvalue weighted by atomic mass is 10.1. The molecule has 0 saturated carbocycles. The summed E-state index contributed by atoms with van der Waals surface area (Å²) >= 11 is 1.79. The summed E-state index contributed by atoms with van der Waals surface area (Å²) in [5, 5.41) is 3.57. The topological polar surface area (TPSA) is 43.9 Å². The van der Waals surface area contributed by atoms with Gasteiger partial charge in [0.05, 0.1) is 0 Å². The molecule has 0 atom stereocenters. The number of thiophene rings is 1. The van der Waals surface area contributed by atoms with Crippen LogP contribution in [0.4, 0.5) is 0 Å². The lowest BCUT2D eigenvalue weighted by Gasteiger charge is -2.36. The largest absolute Gasteiger partial charge is 0.296 e. The Labute approximate surface area is 160 Å². The summed E-state index contributed by atoms with van der Waals surface area (Å²) in [6, 6.07) is 8.51. The molecule has 7 heteroatoms. The van der Waals surface area contributed by atoms with Crippen LogP contribution in [0, 0.1) is 0 Å². The second kappa shape index (κ2) is 7.94. The van der Waals surface area contributed by atoms with Crippen molar-refractivity contribution in [3.8, 4) is 0 Å². The Balaban J connectivity index is 1.37. The summed E-state index contributed by atoms with van der Waals surface area (Å²) in [5.74, 6) is 0. The number of benzene rings is 1. The van der Waals surface area contributed by atoms with Crippen LogP contribution in [-0.4, -0.2) is 61.2 Å². The molecule has 1 aromatic carbocycles. The summed E-state index contributed by atoms with van der Waals surface area (Å²) in [5.41, 5.74) is 1.36. The second-order valence-corrected chi connectivity index (χ2v) is 10.1. The Morgan fingerprint density at radius 3 is 2.23 bits per heavy atom. The third-order valence-electron chi connectivity index (χ3n) is 5.50. The van der Waals surface area contributed by atoms with Gasteiger partial charge in [-0.05, 0) is 35.2 Å². The number of fused-ring (bicyclic) bond motifs is 1. The number of piperazine rings is 1. The quantitative estimate of drug-likeness (QED) is 0.802. The highest BCUT2D eigenvalue weighted by Gasteiger charge is 2.32. The van der Waals surface area contributed by atoms with Gasteiger partial charge < -0.3 is 0 Å². The van der Waals surface area contributed by atoms with Crippen LogP contribution in [-0.2, 0) is 16.8 Å². The molecule has 0 unspecified atom stereocenters. The third kappa shape index (κ3) is 3.82. The molecular formula is C19H27N3O2S2. The third-order valence-corrected chi connectivity index (χ3v) is 8.55. The molecule has 0 aliphatic carbocycles. The molecule has 2 fully saturated rings. The van der Waals surface area contributed by atoms with Crippen LogP contribution >= 0.6 is 11.3 Å². The zero-order valence-electron chi connectivity index (χ0n) is 15.1. The fourth-order valence-corrected chi connectivity index (χ4v) is 6.58. The van der Waals surface area contributed by atoms with Crippen molar-refractivity contribution in [1.29, 1.82) is 0 Å². The molecule has 0 bridgehead atoms. The number of rotatable bonds is 4. The van der Waals surface area contributed by atoms with Crippen molar-refractivity contribution in [2.24, 2.45) is 0 Å². The van der Waals surface area contributed by atoms with Gasteiger partial charge in [-0.1, -0.05) is 31.0 Å². The highest BCUT2D eigenvalue weighted by atomic mass is 32.2. The summed E-state index contributed by atoms with van der Waals surface area (Å²) in [6.45, 7) is 5.07. The molecule has 2 aliphatic heterocycles. The van der Waals surface area contributed by atoms with Crippen LogP contribution in [0.3, 0.4) is 0 Å². The SMILES string of the molecule is O=S(=O)(N1CCCCCC1)N1CCN(Cc2csc3ccccc23)CC1. The van der Waals surface area contributed by atoms with Gasteiger partial charge in [0, 0.05) is 50.5 Å². The maximum atomic E-state index is 12.9. The van der Waals surface area contributed by atoms with Gasteiger partial charge >= 0.3 is 0 Å². The Morgan fingerprint density at radius 1 is 0.846 bits per heavy atom. The summed E-state index contributed by atoms with van der Waals surface area (Å²) < 4.78 is 30.6. The number of hydrogen-bond acceptors (Lipinski definition) is 4. The summed E-state index contributed by atoms with van der Waals surface area (Å²) in [6.07, 6.45) is 4.28. The Morgan fingerprint density at radius 2 is 1.50 bits per heavy atom. The molecule has 142 valence electrons. The van der Waals surface area contributed by atoms with E-state index in [4.69, 9.17) is 0 Å². The molecule has 2 aliphatic rings. The van der Waals surface area contributed by atoms with Gasteiger partial charge in [-0.25, -0.2) is 0 Å². The second-order valence-electron chi connectivity index (χ2n) is 7.25. The number of hydrogen-bond donors (Lipinski definition) is 0. The maximum absolute atomic E-state index is 12.9. The van der Waals surface area contributed by atoms with E-state index in [1.165, 1.54) is 15.6 Å². The average Bonchev–Trinajstić information content (AvgIpc) is 2.87. The van der Waals surface area contributed by atoms with E-state index in [1.807, 2.05) is 0 Å². The monoisotopic (exact) mass is 393 g/mol. The van der Waals surface area contributed by atoms with Crippen molar-refractivity contribution in [3.05, 3.63) is 35.2 Å². The standard InChI is InChI=1S/C19H27N3O2S2/c23-26(24,21-9-5-1-2-6-10-21)22-13-11-20(12-14-22)15-17-16-25-19-8-4-3-7-18(17)19/h3-4,7-8,16H,1-2,5-6,9-15H2. The van der Waals surface area contributed by atoms with E-state index in [9.17, 15) is 8.42 Å². The lowest BCUT2D eigenvalue weighted by Crippen LogP contribution is -2.52. The van der Waals surface area contributed by atoms with Crippen molar-refractivity contribution in [2.75, 3.05) is 39.3 Å². The molecule has 5 nitrogen and oxygen atoms in total. The minimum Gasteiger partial charge on any atom is -0.296 e. The molecule has 2 aromatic rings. The lowest BCUT2D eigenvalue weighted by molar-refractivity contribution is 0.175. The van der Waals surface area contributed by atoms with Gasteiger partial charge in [0.25, 0.3) is 10.2 Å². The summed E-state index contributed by atoms with van der Waals surface area (Å²) in [4.78, 5) is 2.38. The van der Waals surface area contributed by atoms with E-state index in [-0.39, 0.29) is 0 Å². The highest BCUT2D eigenvalue weighted by Crippen LogP contribution is 2.27. The first kappa shape index (κ1) is 18.4. The van der Waals surface area contributed by atoms with Gasteiger partial charge in [-0.3, -0.25) is 4.90 Å². The summed E-state index contributed by atoms with van der Waals surface area (Å²) in [7, 11) is -3.29. The van der Waals surface area contributed by atoms with Crippen LogP contribution in [0.1, 0.15) is 31.2 Å². The average molecular weight is 394 g/mol. The first-order valence-electron chi connectivity index (χ1n) is 9.57. The van der Waals surface area contributed by atoms with E-state index in [0.29, 0.717) is 26.2 Å². The normalized spacial score (nSPS) is 21.8.